The summed E-state index contributed by atoms with van der Waals surface area (Å²) >= 11 is 0. The molecular formula is C20H24N4O3. The molecule has 3 heterocycles. The van der Waals surface area contributed by atoms with Crippen molar-refractivity contribution >= 4 is 11.9 Å². The molecule has 7 heteroatoms. The van der Waals surface area contributed by atoms with Crippen LogP contribution in [0.2, 0.25) is 0 Å². The number of fused-ring (bicyclic) bond motifs is 1. The average molecular weight is 368 g/mol. The molecule has 2 N–H and O–H groups in total. The van der Waals surface area contributed by atoms with Gasteiger partial charge in [0.05, 0.1) is 18.6 Å². The van der Waals surface area contributed by atoms with Crippen molar-refractivity contribution in [2.24, 2.45) is 0 Å². The van der Waals surface area contributed by atoms with E-state index in [9.17, 15) is 14.7 Å². The number of carbonyl (C=O) groups is 2. The highest BCUT2D eigenvalue weighted by atomic mass is 16.4. The molecule has 2 aromatic rings. The highest BCUT2D eigenvalue weighted by molar-refractivity contribution is 5.86. The van der Waals surface area contributed by atoms with E-state index in [4.69, 9.17) is 0 Å². The number of carboxylic acid groups (broad SMARTS) is 1. The van der Waals surface area contributed by atoms with Gasteiger partial charge in [-0.25, -0.2) is 9.78 Å². The zero-order valence-corrected chi connectivity index (χ0v) is 15.2. The number of nitrogens with zero attached hydrogens (tertiary/aromatic N) is 3. The fraction of sp³-hybridized carbons (Fsp3) is 0.450. The Balaban J connectivity index is 1.38. The fourth-order valence-corrected chi connectivity index (χ4v) is 4.23. The van der Waals surface area contributed by atoms with Crippen LogP contribution in [0, 0.1) is 0 Å². The average Bonchev–Trinajstić information content (AvgIpc) is 3.17. The lowest BCUT2D eigenvalue weighted by Crippen LogP contribution is -2.48. The van der Waals surface area contributed by atoms with Crippen LogP contribution < -0.4 is 0 Å². The van der Waals surface area contributed by atoms with E-state index in [1.807, 2.05) is 6.07 Å². The number of carbonyl (C=O) groups excluding carboxylic acids is 1. The van der Waals surface area contributed by atoms with E-state index in [-0.39, 0.29) is 12.5 Å². The molecule has 0 radical (unpaired) electrons. The number of nitrogens with one attached hydrogen (secondary N) is 1. The molecule has 1 aromatic carbocycles. The van der Waals surface area contributed by atoms with Crippen LogP contribution in [-0.4, -0.2) is 62.9 Å². The third-order valence-corrected chi connectivity index (χ3v) is 5.70. The SMILES string of the molecule is O=C(O)[C@H]1c2nc[nH]c2CCN1C(=O)CN1CCC(c2ccccc2)CC1. The lowest BCUT2D eigenvalue weighted by Gasteiger charge is -2.36. The summed E-state index contributed by atoms with van der Waals surface area (Å²) in [4.78, 5) is 35.3. The van der Waals surface area contributed by atoms with E-state index in [2.05, 4.69) is 39.1 Å². The molecule has 1 amide bonds. The van der Waals surface area contributed by atoms with Crippen molar-refractivity contribution in [2.75, 3.05) is 26.2 Å². The Labute approximate surface area is 158 Å². The third-order valence-electron chi connectivity index (χ3n) is 5.70. The summed E-state index contributed by atoms with van der Waals surface area (Å²) in [6.07, 6.45) is 4.15. The first-order chi connectivity index (χ1) is 13.1. The van der Waals surface area contributed by atoms with Crippen LogP contribution in [0.1, 0.15) is 41.8 Å². The Morgan fingerprint density at radius 3 is 2.59 bits per heavy atom. The lowest BCUT2D eigenvalue weighted by molar-refractivity contribution is -0.152. The van der Waals surface area contributed by atoms with Crippen LogP contribution in [0.5, 0.6) is 0 Å². The maximum atomic E-state index is 12.8. The summed E-state index contributed by atoms with van der Waals surface area (Å²) in [7, 11) is 0. The molecule has 0 spiro atoms. The van der Waals surface area contributed by atoms with Gasteiger partial charge in [0.25, 0.3) is 0 Å². The quantitative estimate of drug-likeness (QED) is 0.859. The van der Waals surface area contributed by atoms with E-state index in [0.29, 0.717) is 24.6 Å². The zero-order chi connectivity index (χ0) is 18.8. The lowest BCUT2D eigenvalue weighted by atomic mass is 9.89. The maximum Gasteiger partial charge on any atom is 0.332 e. The maximum absolute atomic E-state index is 12.8. The molecule has 0 aliphatic carbocycles. The summed E-state index contributed by atoms with van der Waals surface area (Å²) in [5.41, 5.74) is 2.64. The van der Waals surface area contributed by atoms with Gasteiger partial charge in [-0.1, -0.05) is 30.3 Å². The molecule has 1 saturated heterocycles. The van der Waals surface area contributed by atoms with Gasteiger partial charge in [-0.2, -0.15) is 0 Å². The number of aromatic amines is 1. The summed E-state index contributed by atoms with van der Waals surface area (Å²) in [6.45, 7) is 2.38. The van der Waals surface area contributed by atoms with Crippen molar-refractivity contribution in [3.05, 3.63) is 53.6 Å². The second-order valence-electron chi connectivity index (χ2n) is 7.31. The summed E-state index contributed by atoms with van der Waals surface area (Å²) in [6, 6.07) is 9.50. The van der Waals surface area contributed by atoms with Crippen molar-refractivity contribution in [1.29, 1.82) is 0 Å². The Kier molecular flexibility index (Phi) is 4.94. The van der Waals surface area contributed by atoms with Gasteiger partial charge >= 0.3 is 5.97 Å². The number of imidazole rings is 1. The standard InChI is InChI=1S/C20H24N4O3/c25-17(24-11-8-16-18(22-13-21-16)19(24)20(26)27)12-23-9-6-15(7-10-23)14-4-2-1-3-5-14/h1-5,13,15,19H,6-12H2,(H,21,22)(H,26,27)/t19-/m1/s1. The molecule has 1 fully saturated rings. The number of H-pyrrole nitrogens is 1. The minimum absolute atomic E-state index is 0.130. The first-order valence-electron chi connectivity index (χ1n) is 9.45. The summed E-state index contributed by atoms with van der Waals surface area (Å²) < 4.78 is 0. The number of aromatic nitrogens is 2. The largest absolute Gasteiger partial charge is 0.479 e. The minimum Gasteiger partial charge on any atom is -0.479 e. The summed E-state index contributed by atoms with van der Waals surface area (Å²) in [5.74, 6) is -0.626. The van der Waals surface area contributed by atoms with Crippen molar-refractivity contribution in [1.82, 2.24) is 19.8 Å². The Hall–Kier alpha value is -2.67. The van der Waals surface area contributed by atoms with E-state index in [1.54, 1.807) is 0 Å². The number of rotatable bonds is 4. The molecule has 1 aromatic heterocycles. The van der Waals surface area contributed by atoms with Gasteiger partial charge in [-0.05, 0) is 37.4 Å². The molecule has 0 unspecified atom stereocenters. The van der Waals surface area contributed by atoms with Gasteiger partial charge < -0.3 is 15.0 Å². The second kappa shape index (κ2) is 7.52. The first-order valence-corrected chi connectivity index (χ1v) is 9.45. The van der Waals surface area contributed by atoms with Crippen LogP contribution >= 0.6 is 0 Å². The van der Waals surface area contributed by atoms with Crippen molar-refractivity contribution in [3.8, 4) is 0 Å². The number of benzene rings is 1. The topological polar surface area (TPSA) is 89.5 Å². The number of amides is 1. The summed E-state index contributed by atoms with van der Waals surface area (Å²) in [5, 5.41) is 9.63. The van der Waals surface area contributed by atoms with Gasteiger partial charge in [0, 0.05) is 18.7 Å². The fourth-order valence-electron chi connectivity index (χ4n) is 4.23. The second-order valence-corrected chi connectivity index (χ2v) is 7.31. The van der Waals surface area contributed by atoms with Crippen molar-refractivity contribution in [2.45, 2.75) is 31.2 Å². The molecule has 1 atom stereocenters. The molecule has 2 aliphatic rings. The normalized spacial score (nSPS) is 21.0. The number of aliphatic carboxylic acids is 1. The highest BCUT2D eigenvalue weighted by Gasteiger charge is 2.38. The Bertz CT molecular complexity index is 812. The van der Waals surface area contributed by atoms with E-state index in [0.717, 1.165) is 31.6 Å². The Morgan fingerprint density at radius 2 is 1.89 bits per heavy atom. The predicted molar refractivity (Wildman–Crippen MR) is 99.2 cm³/mol. The van der Waals surface area contributed by atoms with E-state index in [1.165, 1.54) is 16.8 Å². The van der Waals surface area contributed by atoms with Gasteiger partial charge in [-0.3, -0.25) is 9.69 Å². The van der Waals surface area contributed by atoms with Crippen LogP contribution in [-0.2, 0) is 16.0 Å². The van der Waals surface area contributed by atoms with E-state index < -0.39 is 12.0 Å². The number of likely N-dealkylation sites (tertiary alicyclic amines) is 1. The molecule has 142 valence electrons. The molecular weight excluding hydrogens is 344 g/mol. The molecule has 4 rings (SSSR count). The molecule has 2 aliphatic heterocycles. The monoisotopic (exact) mass is 368 g/mol. The minimum atomic E-state index is -1.03. The molecule has 27 heavy (non-hydrogen) atoms. The molecule has 0 bridgehead atoms. The molecule has 7 nitrogen and oxygen atoms in total. The third kappa shape index (κ3) is 3.60. The Morgan fingerprint density at radius 1 is 1.15 bits per heavy atom. The first kappa shape index (κ1) is 17.7. The van der Waals surface area contributed by atoms with E-state index >= 15 is 0 Å². The van der Waals surface area contributed by atoms with Crippen LogP contribution in [0.15, 0.2) is 36.7 Å². The van der Waals surface area contributed by atoms with Crippen LogP contribution in [0.4, 0.5) is 0 Å². The van der Waals surface area contributed by atoms with Crippen molar-refractivity contribution < 1.29 is 14.7 Å². The van der Waals surface area contributed by atoms with Crippen LogP contribution in [0.25, 0.3) is 0 Å². The van der Waals surface area contributed by atoms with Gasteiger partial charge in [0.1, 0.15) is 0 Å². The van der Waals surface area contributed by atoms with Gasteiger partial charge in [0.2, 0.25) is 5.91 Å². The number of carboxylic acids is 1. The van der Waals surface area contributed by atoms with Gasteiger partial charge in [-0.15, -0.1) is 0 Å². The predicted octanol–water partition coefficient (Wildman–Crippen LogP) is 1.80. The number of hydrogen-bond donors (Lipinski definition) is 2. The molecule has 0 saturated carbocycles. The van der Waals surface area contributed by atoms with Gasteiger partial charge in [0.15, 0.2) is 6.04 Å². The smallest absolute Gasteiger partial charge is 0.332 e. The van der Waals surface area contributed by atoms with Crippen molar-refractivity contribution in [3.63, 3.8) is 0 Å². The zero-order valence-electron chi connectivity index (χ0n) is 15.2. The number of hydrogen-bond acceptors (Lipinski definition) is 4. The number of piperidine rings is 1. The highest BCUT2D eigenvalue weighted by Crippen LogP contribution is 2.30. The van der Waals surface area contributed by atoms with Crippen LogP contribution in [0.3, 0.4) is 0 Å².